The highest BCUT2D eigenvalue weighted by molar-refractivity contribution is 5.19. The van der Waals surface area contributed by atoms with Gasteiger partial charge in [0.2, 0.25) is 0 Å². The molecule has 2 N–H and O–H groups in total. The summed E-state index contributed by atoms with van der Waals surface area (Å²) in [5, 5.41) is 0. The van der Waals surface area contributed by atoms with Crippen molar-refractivity contribution in [3.05, 3.63) is 35.4 Å². The molecular formula is C11H15F2N. The van der Waals surface area contributed by atoms with Crippen LogP contribution in [0.1, 0.15) is 18.9 Å². The molecule has 1 rings (SSSR count). The van der Waals surface area contributed by atoms with Crippen molar-refractivity contribution in [1.29, 1.82) is 0 Å². The first kappa shape index (κ1) is 11.1. The molecule has 1 nitrogen and oxygen atoms in total. The molecule has 0 saturated carbocycles. The molecule has 0 aliphatic carbocycles. The molecule has 0 fully saturated rings. The maximum atomic E-state index is 13.2. The molecule has 0 bridgehead atoms. The monoisotopic (exact) mass is 199 g/mol. The average molecular weight is 199 g/mol. The second kappa shape index (κ2) is 5.05. The summed E-state index contributed by atoms with van der Waals surface area (Å²) in [6, 6.07) is 3.55. The summed E-state index contributed by atoms with van der Waals surface area (Å²) in [6.07, 6.45) is 1.37. The van der Waals surface area contributed by atoms with E-state index in [1.165, 1.54) is 12.1 Å². The summed E-state index contributed by atoms with van der Waals surface area (Å²) in [4.78, 5) is 0. The Morgan fingerprint density at radius 2 is 2.07 bits per heavy atom. The summed E-state index contributed by atoms with van der Waals surface area (Å²) in [7, 11) is 0. The Kier molecular flexibility index (Phi) is 4.01. The fraction of sp³-hybridized carbons (Fsp3) is 0.455. The van der Waals surface area contributed by atoms with Crippen molar-refractivity contribution < 1.29 is 8.78 Å². The minimum absolute atomic E-state index is 0.288. The quantitative estimate of drug-likeness (QED) is 0.792. The Labute approximate surface area is 82.9 Å². The van der Waals surface area contributed by atoms with Crippen LogP contribution in [-0.4, -0.2) is 6.54 Å². The zero-order valence-electron chi connectivity index (χ0n) is 8.26. The SMILES string of the molecule is CC(CCN)Cc1cc(F)ccc1F. The predicted octanol–water partition coefficient (Wildman–Crippen LogP) is 2.49. The highest BCUT2D eigenvalue weighted by Crippen LogP contribution is 2.15. The van der Waals surface area contributed by atoms with E-state index in [2.05, 4.69) is 0 Å². The van der Waals surface area contributed by atoms with Gasteiger partial charge in [-0.2, -0.15) is 0 Å². The van der Waals surface area contributed by atoms with Crippen molar-refractivity contribution in [2.45, 2.75) is 19.8 Å². The average Bonchev–Trinajstić information content (AvgIpc) is 2.12. The molecule has 3 heteroatoms. The van der Waals surface area contributed by atoms with Gasteiger partial charge in [-0.25, -0.2) is 8.78 Å². The van der Waals surface area contributed by atoms with E-state index >= 15 is 0 Å². The summed E-state index contributed by atoms with van der Waals surface area (Å²) >= 11 is 0. The Morgan fingerprint density at radius 1 is 1.36 bits per heavy atom. The smallest absolute Gasteiger partial charge is 0.126 e. The van der Waals surface area contributed by atoms with E-state index in [9.17, 15) is 8.78 Å². The molecule has 14 heavy (non-hydrogen) atoms. The second-order valence-electron chi connectivity index (χ2n) is 3.62. The third-order valence-corrected chi connectivity index (χ3v) is 2.24. The molecule has 78 valence electrons. The van der Waals surface area contributed by atoms with Gasteiger partial charge in [-0.3, -0.25) is 0 Å². The van der Waals surface area contributed by atoms with Crippen LogP contribution < -0.4 is 5.73 Å². The number of hydrogen-bond acceptors (Lipinski definition) is 1. The summed E-state index contributed by atoms with van der Waals surface area (Å²) < 4.78 is 26.0. The van der Waals surface area contributed by atoms with Crippen LogP contribution in [0.3, 0.4) is 0 Å². The number of nitrogens with two attached hydrogens (primary N) is 1. The van der Waals surface area contributed by atoms with Crippen molar-refractivity contribution in [2.75, 3.05) is 6.54 Å². The van der Waals surface area contributed by atoms with Gasteiger partial charge in [-0.1, -0.05) is 6.92 Å². The van der Waals surface area contributed by atoms with Crippen LogP contribution in [-0.2, 0) is 6.42 Å². The summed E-state index contributed by atoms with van der Waals surface area (Å²) in [5.41, 5.74) is 5.82. The van der Waals surface area contributed by atoms with Gasteiger partial charge in [0, 0.05) is 0 Å². The van der Waals surface area contributed by atoms with Gasteiger partial charge in [-0.15, -0.1) is 0 Å². The minimum Gasteiger partial charge on any atom is -0.330 e. The van der Waals surface area contributed by atoms with Gasteiger partial charge >= 0.3 is 0 Å². The number of benzene rings is 1. The van der Waals surface area contributed by atoms with Gasteiger partial charge < -0.3 is 5.73 Å². The van der Waals surface area contributed by atoms with Gasteiger partial charge in [0.05, 0.1) is 0 Å². The highest BCUT2D eigenvalue weighted by atomic mass is 19.1. The van der Waals surface area contributed by atoms with Crippen LogP contribution in [0.4, 0.5) is 8.78 Å². The third-order valence-electron chi connectivity index (χ3n) is 2.24. The minimum atomic E-state index is -0.388. The standard InChI is InChI=1S/C11H15F2N/c1-8(4-5-14)6-9-7-10(12)2-3-11(9)13/h2-3,7-8H,4-6,14H2,1H3. The summed E-state index contributed by atoms with van der Waals surface area (Å²) in [5.74, 6) is -0.437. The van der Waals surface area contributed by atoms with Gasteiger partial charge in [0.15, 0.2) is 0 Å². The van der Waals surface area contributed by atoms with Crippen molar-refractivity contribution in [3.8, 4) is 0 Å². The molecule has 0 heterocycles. The van der Waals surface area contributed by atoms with Crippen molar-refractivity contribution in [3.63, 3.8) is 0 Å². The molecule has 0 spiro atoms. The van der Waals surface area contributed by atoms with Crippen LogP contribution in [0.15, 0.2) is 18.2 Å². The number of halogens is 2. The van der Waals surface area contributed by atoms with E-state index in [0.29, 0.717) is 18.5 Å². The van der Waals surface area contributed by atoms with Crippen LogP contribution in [0, 0.1) is 17.6 Å². The lowest BCUT2D eigenvalue weighted by atomic mass is 9.98. The van der Waals surface area contributed by atoms with Crippen LogP contribution >= 0.6 is 0 Å². The van der Waals surface area contributed by atoms with E-state index in [1.54, 1.807) is 0 Å². The largest absolute Gasteiger partial charge is 0.330 e. The first-order chi connectivity index (χ1) is 6.63. The molecule has 0 saturated heterocycles. The zero-order valence-corrected chi connectivity index (χ0v) is 8.26. The molecule has 0 aromatic heterocycles. The van der Waals surface area contributed by atoms with Crippen molar-refractivity contribution in [1.82, 2.24) is 0 Å². The Bertz CT molecular complexity index is 299. The van der Waals surface area contributed by atoms with Crippen LogP contribution in [0.25, 0.3) is 0 Å². The zero-order chi connectivity index (χ0) is 10.6. The molecule has 0 radical (unpaired) electrons. The van der Waals surface area contributed by atoms with Crippen molar-refractivity contribution >= 4 is 0 Å². The van der Waals surface area contributed by atoms with Gasteiger partial charge in [0.1, 0.15) is 11.6 Å². The highest BCUT2D eigenvalue weighted by Gasteiger charge is 2.08. The third kappa shape index (κ3) is 3.07. The topological polar surface area (TPSA) is 26.0 Å². The Hall–Kier alpha value is -0.960. The predicted molar refractivity (Wildman–Crippen MR) is 52.9 cm³/mol. The lowest BCUT2D eigenvalue weighted by Gasteiger charge is -2.10. The molecule has 1 atom stereocenters. The van der Waals surface area contributed by atoms with E-state index < -0.39 is 0 Å². The fourth-order valence-electron chi connectivity index (χ4n) is 1.46. The molecule has 1 aromatic carbocycles. The Morgan fingerprint density at radius 3 is 2.71 bits per heavy atom. The van der Waals surface area contributed by atoms with Crippen LogP contribution in [0.2, 0.25) is 0 Å². The number of rotatable bonds is 4. The molecule has 1 unspecified atom stereocenters. The van der Waals surface area contributed by atoms with Crippen molar-refractivity contribution in [2.24, 2.45) is 11.7 Å². The lowest BCUT2D eigenvalue weighted by molar-refractivity contribution is 0.511. The van der Waals surface area contributed by atoms with E-state index in [0.717, 1.165) is 12.5 Å². The normalized spacial score (nSPS) is 12.9. The van der Waals surface area contributed by atoms with Gasteiger partial charge in [0.25, 0.3) is 0 Å². The van der Waals surface area contributed by atoms with Crippen LogP contribution in [0.5, 0.6) is 0 Å². The fourth-order valence-corrected chi connectivity index (χ4v) is 1.46. The molecule has 0 aliphatic heterocycles. The van der Waals surface area contributed by atoms with Gasteiger partial charge in [-0.05, 0) is 49.1 Å². The first-order valence-corrected chi connectivity index (χ1v) is 4.77. The molecule has 1 aromatic rings. The maximum absolute atomic E-state index is 13.2. The molecular weight excluding hydrogens is 184 g/mol. The molecule has 0 amide bonds. The second-order valence-corrected chi connectivity index (χ2v) is 3.62. The van der Waals surface area contributed by atoms with E-state index in [1.807, 2.05) is 6.92 Å². The summed E-state index contributed by atoms with van der Waals surface area (Å²) in [6.45, 7) is 2.56. The first-order valence-electron chi connectivity index (χ1n) is 4.77. The lowest BCUT2D eigenvalue weighted by Crippen LogP contribution is -2.09. The Balaban J connectivity index is 2.70. The maximum Gasteiger partial charge on any atom is 0.126 e. The van der Waals surface area contributed by atoms with E-state index in [-0.39, 0.29) is 17.6 Å². The van der Waals surface area contributed by atoms with E-state index in [4.69, 9.17) is 5.73 Å². The number of hydrogen-bond donors (Lipinski definition) is 1. The molecule has 0 aliphatic rings.